The third-order valence-electron chi connectivity index (χ3n) is 3.46. The van der Waals surface area contributed by atoms with Crippen molar-refractivity contribution in [2.45, 2.75) is 37.4 Å². The van der Waals surface area contributed by atoms with Crippen LogP contribution in [0.4, 0.5) is 11.4 Å². The molecule has 0 heterocycles. The fourth-order valence-electron chi connectivity index (χ4n) is 2.39. The van der Waals surface area contributed by atoms with Crippen molar-refractivity contribution < 1.29 is 9.00 Å². The number of amides is 1. The monoisotopic (exact) mass is 314 g/mol. The first-order valence-electron chi connectivity index (χ1n) is 6.78. The molecule has 2 rings (SSSR count). The Labute approximate surface area is 126 Å². The molecule has 1 saturated carbocycles. The molecule has 0 saturated heterocycles. The molecule has 1 aromatic carbocycles. The second-order valence-electron chi connectivity index (χ2n) is 5.07. The van der Waals surface area contributed by atoms with Crippen molar-refractivity contribution >= 4 is 39.7 Å². The van der Waals surface area contributed by atoms with Gasteiger partial charge in [0.05, 0.1) is 10.7 Å². The van der Waals surface area contributed by atoms with Gasteiger partial charge >= 0.3 is 0 Å². The van der Waals surface area contributed by atoms with Crippen molar-refractivity contribution in [3.05, 3.63) is 23.2 Å². The molecule has 0 aromatic heterocycles. The second kappa shape index (κ2) is 7.09. The molecule has 1 amide bonds. The van der Waals surface area contributed by atoms with E-state index in [1.807, 2.05) is 0 Å². The van der Waals surface area contributed by atoms with Crippen LogP contribution < -0.4 is 11.1 Å². The summed E-state index contributed by atoms with van der Waals surface area (Å²) in [4.78, 5) is 11.9. The Hall–Kier alpha value is -1.07. The van der Waals surface area contributed by atoms with Gasteiger partial charge in [0.25, 0.3) is 0 Å². The highest BCUT2D eigenvalue weighted by Crippen LogP contribution is 2.25. The highest BCUT2D eigenvalue weighted by atomic mass is 35.5. The zero-order chi connectivity index (χ0) is 14.5. The Bertz CT molecular complexity index is 516. The summed E-state index contributed by atoms with van der Waals surface area (Å²) in [5.41, 5.74) is 6.64. The number of rotatable bonds is 4. The largest absolute Gasteiger partial charge is 0.399 e. The van der Waals surface area contributed by atoms with Crippen molar-refractivity contribution in [2.24, 2.45) is 0 Å². The van der Waals surface area contributed by atoms with Gasteiger partial charge in [-0.25, -0.2) is 0 Å². The van der Waals surface area contributed by atoms with Crippen LogP contribution in [0, 0.1) is 0 Å². The van der Waals surface area contributed by atoms with Crippen LogP contribution in [0.5, 0.6) is 0 Å². The van der Waals surface area contributed by atoms with Gasteiger partial charge in [-0.05, 0) is 31.0 Å². The minimum atomic E-state index is -1.10. The number of nitrogen functional groups attached to an aromatic ring is 1. The van der Waals surface area contributed by atoms with E-state index in [2.05, 4.69) is 5.32 Å². The fourth-order valence-corrected chi connectivity index (χ4v) is 4.06. The van der Waals surface area contributed by atoms with Crippen LogP contribution in [0.15, 0.2) is 18.2 Å². The van der Waals surface area contributed by atoms with E-state index >= 15 is 0 Å². The third kappa shape index (κ3) is 4.21. The van der Waals surface area contributed by atoms with E-state index in [0.717, 1.165) is 25.7 Å². The SMILES string of the molecule is Nc1ccc(NC(=O)CS(=O)C2CCCCC2)c(Cl)c1. The molecule has 0 spiro atoms. The number of halogens is 1. The highest BCUT2D eigenvalue weighted by molar-refractivity contribution is 7.86. The van der Waals surface area contributed by atoms with Gasteiger partial charge in [-0.2, -0.15) is 0 Å². The number of anilines is 2. The molecule has 110 valence electrons. The number of carbonyl (C=O) groups is 1. The van der Waals surface area contributed by atoms with Crippen molar-refractivity contribution in [3.63, 3.8) is 0 Å². The molecule has 0 bridgehead atoms. The van der Waals surface area contributed by atoms with E-state index in [-0.39, 0.29) is 16.9 Å². The second-order valence-corrected chi connectivity index (χ2v) is 7.20. The van der Waals surface area contributed by atoms with Gasteiger partial charge in [0.1, 0.15) is 5.75 Å². The summed E-state index contributed by atoms with van der Waals surface area (Å²) in [7, 11) is -1.10. The smallest absolute Gasteiger partial charge is 0.237 e. The quantitative estimate of drug-likeness (QED) is 0.839. The van der Waals surface area contributed by atoms with Gasteiger partial charge in [0.2, 0.25) is 5.91 Å². The molecule has 1 atom stereocenters. The molecular weight excluding hydrogens is 296 g/mol. The standard InChI is InChI=1S/C14H19ClN2O2S/c15-12-8-10(16)6-7-13(12)17-14(18)9-20(19)11-4-2-1-3-5-11/h6-8,11H,1-5,9,16H2,(H,17,18). The van der Waals surface area contributed by atoms with Crippen LogP contribution in [0.1, 0.15) is 32.1 Å². The molecule has 0 aliphatic heterocycles. The number of benzene rings is 1. The van der Waals surface area contributed by atoms with E-state index in [9.17, 15) is 9.00 Å². The van der Waals surface area contributed by atoms with Gasteiger partial charge < -0.3 is 11.1 Å². The van der Waals surface area contributed by atoms with Gasteiger partial charge in [0.15, 0.2) is 0 Å². The Morgan fingerprint density at radius 1 is 1.35 bits per heavy atom. The van der Waals surface area contributed by atoms with Crippen molar-refractivity contribution in [1.82, 2.24) is 0 Å². The zero-order valence-electron chi connectivity index (χ0n) is 11.2. The highest BCUT2D eigenvalue weighted by Gasteiger charge is 2.22. The zero-order valence-corrected chi connectivity index (χ0v) is 12.8. The molecule has 0 radical (unpaired) electrons. The maximum absolute atomic E-state index is 12.1. The van der Waals surface area contributed by atoms with Crippen molar-refractivity contribution in [1.29, 1.82) is 0 Å². The molecule has 4 nitrogen and oxygen atoms in total. The van der Waals surface area contributed by atoms with Crippen LogP contribution in [0.3, 0.4) is 0 Å². The molecule has 6 heteroatoms. The minimum Gasteiger partial charge on any atom is -0.399 e. The van der Waals surface area contributed by atoms with Crippen LogP contribution in [0.2, 0.25) is 5.02 Å². The van der Waals surface area contributed by atoms with Gasteiger partial charge in [-0.1, -0.05) is 30.9 Å². The lowest BCUT2D eigenvalue weighted by Crippen LogP contribution is -2.27. The summed E-state index contributed by atoms with van der Waals surface area (Å²) < 4.78 is 12.1. The molecule has 1 aliphatic carbocycles. The average molecular weight is 315 g/mol. The summed E-state index contributed by atoms with van der Waals surface area (Å²) in [5, 5.41) is 3.24. The Morgan fingerprint density at radius 3 is 2.70 bits per heavy atom. The number of hydrogen-bond acceptors (Lipinski definition) is 3. The van der Waals surface area contributed by atoms with E-state index in [1.165, 1.54) is 6.42 Å². The number of nitrogens with two attached hydrogens (primary N) is 1. The average Bonchev–Trinajstić information content (AvgIpc) is 2.43. The van der Waals surface area contributed by atoms with Crippen LogP contribution in [0.25, 0.3) is 0 Å². The summed E-state index contributed by atoms with van der Waals surface area (Å²) in [6, 6.07) is 4.90. The minimum absolute atomic E-state index is 0.0331. The first-order chi connectivity index (χ1) is 9.56. The van der Waals surface area contributed by atoms with Crippen molar-refractivity contribution in [2.75, 3.05) is 16.8 Å². The predicted octanol–water partition coefficient (Wildman–Crippen LogP) is 2.94. The summed E-state index contributed by atoms with van der Waals surface area (Å²) in [5.74, 6) is -0.230. The normalized spacial score (nSPS) is 17.6. The van der Waals surface area contributed by atoms with Gasteiger partial charge in [0, 0.05) is 21.7 Å². The van der Waals surface area contributed by atoms with Crippen LogP contribution >= 0.6 is 11.6 Å². The van der Waals surface area contributed by atoms with Gasteiger partial charge in [-0.3, -0.25) is 9.00 Å². The predicted molar refractivity (Wildman–Crippen MR) is 84.4 cm³/mol. The van der Waals surface area contributed by atoms with Crippen molar-refractivity contribution in [3.8, 4) is 0 Å². The topological polar surface area (TPSA) is 72.2 Å². The maximum Gasteiger partial charge on any atom is 0.237 e. The number of nitrogens with one attached hydrogen (secondary N) is 1. The first-order valence-corrected chi connectivity index (χ1v) is 8.54. The lowest BCUT2D eigenvalue weighted by atomic mass is 10.0. The van der Waals surface area contributed by atoms with E-state index in [1.54, 1.807) is 18.2 Å². The molecule has 1 aromatic rings. The molecular formula is C14H19ClN2O2S. The summed E-state index contributed by atoms with van der Waals surface area (Å²) in [6.45, 7) is 0. The molecule has 3 N–H and O–H groups in total. The van der Waals surface area contributed by atoms with Crippen LogP contribution in [-0.4, -0.2) is 21.1 Å². The molecule has 1 aliphatic rings. The number of carbonyl (C=O) groups excluding carboxylic acids is 1. The Kier molecular flexibility index (Phi) is 5.43. The maximum atomic E-state index is 12.1. The lowest BCUT2D eigenvalue weighted by molar-refractivity contribution is -0.113. The third-order valence-corrected chi connectivity index (χ3v) is 5.54. The summed E-state index contributed by atoms with van der Waals surface area (Å²) >= 11 is 5.99. The van der Waals surface area contributed by atoms with E-state index in [4.69, 9.17) is 17.3 Å². The lowest BCUT2D eigenvalue weighted by Gasteiger charge is -2.20. The van der Waals surface area contributed by atoms with E-state index < -0.39 is 10.8 Å². The molecule has 20 heavy (non-hydrogen) atoms. The van der Waals surface area contributed by atoms with Crippen LogP contribution in [-0.2, 0) is 15.6 Å². The van der Waals surface area contributed by atoms with Gasteiger partial charge in [-0.15, -0.1) is 0 Å². The molecule has 1 unspecified atom stereocenters. The Balaban J connectivity index is 1.90. The first kappa shape index (κ1) is 15.3. The van der Waals surface area contributed by atoms with E-state index in [0.29, 0.717) is 16.4 Å². The number of hydrogen-bond donors (Lipinski definition) is 2. The molecule has 1 fully saturated rings. The summed E-state index contributed by atoms with van der Waals surface area (Å²) in [6.07, 6.45) is 5.36. The Morgan fingerprint density at radius 2 is 2.05 bits per heavy atom. The fraction of sp³-hybridized carbons (Fsp3) is 0.500.